The number of benzene rings is 1. The molecule has 0 aliphatic heterocycles. The molecule has 1 aliphatic carbocycles. The minimum absolute atomic E-state index is 0.567. The van der Waals surface area contributed by atoms with E-state index in [2.05, 4.69) is 12.1 Å². The molecule has 1 N–H and O–H groups in total. The van der Waals surface area contributed by atoms with E-state index in [1.807, 2.05) is 12.1 Å². The van der Waals surface area contributed by atoms with Gasteiger partial charge >= 0.3 is 5.97 Å². The lowest BCUT2D eigenvalue weighted by Crippen LogP contribution is -2.37. The van der Waals surface area contributed by atoms with Crippen LogP contribution in [0.15, 0.2) is 24.3 Å². The fraction of sp³-hybridized carbons (Fsp3) is 0.562. The summed E-state index contributed by atoms with van der Waals surface area (Å²) >= 11 is 0. The van der Waals surface area contributed by atoms with Gasteiger partial charge in [-0.25, -0.2) is 0 Å². The Kier molecular flexibility index (Phi) is 4.59. The number of hydrogen-bond acceptors (Lipinski definition) is 2. The molecule has 0 fully saturated rings. The van der Waals surface area contributed by atoms with Gasteiger partial charge in [0.2, 0.25) is 0 Å². The highest BCUT2D eigenvalue weighted by Gasteiger charge is 2.40. The van der Waals surface area contributed by atoms with Gasteiger partial charge in [-0.1, -0.05) is 30.7 Å². The van der Waals surface area contributed by atoms with Crippen LogP contribution in [0.25, 0.3) is 0 Å². The van der Waals surface area contributed by atoms with Crippen LogP contribution in [0.4, 0.5) is 0 Å². The molecular weight excluding hydrogens is 240 g/mol. The first-order valence-corrected chi connectivity index (χ1v) is 6.97. The van der Waals surface area contributed by atoms with Crippen LogP contribution in [-0.4, -0.2) is 24.8 Å². The van der Waals surface area contributed by atoms with Crippen molar-refractivity contribution >= 4 is 5.97 Å². The van der Waals surface area contributed by atoms with E-state index >= 15 is 0 Å². The molecule has 0 bridgehead atoms. The summed E-state index contributed by atoms with van der Waals surface area (Å²) in [6.45, 7) is 0.715. The number of fused-ring (bicyclic) bond motifs is 1. The molecule has 0 radical (unpaired) electrons. The molecule has 1 atom stereocenters. The van der Waals surface area contributed by atoms with Crippen molar-refractivity contribution in [3.8, 4) is 0 Å². The van der Waals surface area contributed by atoms with Crippen LogP contribution in [-0.2, 0) is 22.4 Å². The number of rotatable bonds is 6. The third-order valence-electron chi connectivity index (χ3n) is 4.23. The summed E-state index contributed by atoms with van der Waals surface area (Å²) in [7, 11) is 1.68. The van der Waals surface area contributed by atoms with Crippen molar-refractivity contribution in [2.45, 2.75) is 38.5 Å². The summed E-state index contributed by atoms with van der Waals surface area (Å²) in [6, 6.07) is 8.22. The van der Waals surface area contributed by atoms with Crippen molar-refractivity contribution in [2.24, 2.45) is 5.41 Å². The van der Waals surface area contributed by atoms with Crippen molar-refractivity contribution in [3.63, 3.8) is 0 Å². The van der Waals surface area contributed by atoms with Crippen molar-refractivity contribution in [3.05, 3.63) is 35.4 Å². The molecule has 3 nitrogen and oxygen atoms in total. The van der Waals surface area contributed by atoms with E-state index in [4.69, 9.17) is 4.74 Å². The standard InChI is InChI=1S/C16H22O3/c1-19-11-5-4-9-16(15(17)18)10-8-13-6-2-3-7-14(13)12-16/h2-3,6-7H,4-5,8-12H2,1H3,(H,17,18). The number of unbranched alkanes of at least 4 members (excludes halogenated alkanes) is 1. The summed E-state index contributed by atoms with van der Waals surface area (Å²) < 4.78 is 5.03. The smallest absolute Gasteiger partial charge is 0.309 e. The Labute approximate surface area is 114 Å². The molecule has 0 saturated heterocycles. The molecule has 0 aromatic heterocycles. The largest absolute Gasteiger partial charge is 0.481 e. The van der Waals surface area contributed by atoms with Gasteiger partial charge in [-0.05, 0) is 43.2 Å². The molecule has 0 amide bonds. The number of carboxylic acid groups (broad SMARTS) is 1. The summed E-state index contributed by atoms with van der Waals surface area (Å²) in [5.41, 5.74) is 1.96. The molecule has 1 unspecified atom stereocenters. The van der Waals surface area contributed by atoms with Crippen molar-refractivity contribution in [1.29, 1.82) is 0 Å². The maximum absolute atomic E-state index is 11.7. The number of methoxy groups -OCH3 is 1. The lowest BCUT2D eigenvalue weighted by molar-refractivity contribution is -0.150. The van der Waals surface area contributed by atoms with Gasteiger partial charge in [0.05, 0.1) is 5.41 Å². The molecule has 19 heavy (non-hydrogen) atoms. The maximum Gasteiger partial charge on any atom is 0.309 e. The van der Waals surface area contributed by atoms with Gasteiger partial charge in [0.25, 0.3) is 0 Å². The van der Waals surface area contributed by atoms with Crippen LogP contribution in [0.3, 0.4) is 0 Å². The monoisotopic (exact) mass is 262 g/mol. The lowest BCUT2D eigenvalue weighted by atomic mass is 9.69. The maximum atomic E-state index is 11.7. The number of ether oxygens (including phenoxy) is 1. The number of aliphatic carboxylic acids is 1. The summed E-state index contributed by atoms with van der Waals surface area (Å²) in [6.07, 6.45) is 4.92. The van der Waals surface area contributed by atoms with Crippen molar-refractivity contribution < 1.29 is 14.6 Å². The third kappa shape index (κ3) is 3.16. The number of carboxylic acids is 1. The van der Waals surface area contributed by atoms with E-state index in [1.54, 1.807) is 7.11 Å². The van der Waals surface area contributed by atoms with Crippen LogP contribution < -0.4 is 0 Å². The van der Waals surface area contributed by atoms with Gasteiger partial charge in [-0.2, -0.15) is 0 Å². The van der Waals surface area contributed by atoms with E-state index in [0.717, 1.165) is 32.1 Å². The summed E-state index contributed by atoms with van der Waals surface area (Å²) in [5, 5.41) is 9.64. The second-order valence-corrected chi connectivity index (χ2v) is 5.48. The summed E-state index contributed by atoms with van der Waals surface area (Å²) in [5.74, 6) is -0.639. The van der Waals surface area contributed by atoms with Gasteiger partial charge in [0.15, 0.2) is 0 Å². The molecule has 2 rings (SSSR count). The molecule has 0 saturated carbocycles. The minimum atomic E-state index is -0.639. The minimum Gasteiger partial charge on any atom is -0.481 e. The van der Waals surface area contributed by atoms with E-state index in [0.29, 0.717) is 13.0 Å². The molecule has 104 valence electrons. The van der Waals surface area contributed by atoms with Gasteiger partial charge in [0, 0.05) is 13.7 Å². The van der Waals surface area contributed by atoms with E-state index in [-0.39, 0.29) is 0 Å². The first-order chi connectivity index (χ1) is 9.18. The Morgan fingerprint density at radius 2 is 2.05 bits per heavy atom. The zero-order valence-corrected chi connectivity index (χ0v) is 11.5. The Morgan fingerprint density at radius 1 is 1.32 bits per heavy atom. The predicted octanol–water partition coefficient (Wildman–Crippen LogP) is 3.06. The normalized spacial score (nSPS) is 21.9. The summed E-state index contributed by atoms with van der Waals surface area (Å²) in [4.78, 5) is 11.7. The van der Waals surface area contributed by atoms with Crippen molar-refractivity contribution in [1.82, 2.24) is 0 Å². The Hall–Kier alpha value is -1.35. The Morgan fingerprint density at radius 3 is 2.74 bits per heavy atom. The highest BCUT2D eigenvalue weighted by Crippen LogP contribution is 2.39. The molecule has 3 heteroatoms. The van der Waals surface area contributed by atoms with Gasteiger partial charge in [-0.15, -0.1) is 0 Å². The van der Waals surface area contributed by atoms with E-state index in [9.17, 15) is 9.90 Å². The molecule has 0 spiro atoms. The van der Waals surface area contributed by atoms with E-state index in [1.165, 1.54) is 11.1 Å². The molecule has 1 aliphatic rings. The second kappa shape index (κ2) is 6.20. The van der Waals surface area contributed by atoms with Crippen LogP contribution in [0.1, 0.15) is 36.8 Å². The molecule has 1 aromatic carbocycles. The number of aryl methyl sites for hydroxylation is 1. The third-order valence-corrected chi connectivity index (χ3v) is 4.23. The highest BCUT2D eigenvalue weighted by molar-refractivity contribution is 5.75. The second-order valence-electron chi connectivity index (χ2n) is 5.48. The average molecular weight is 262 g/mol. The van der Waals surface area contributed by atoms with E-state index < -0.39 is 11.4 Å². The van der Waals surface area contributed by atoms with Crippen LogP contribution in [0.2, 0.25) is 0 Å². The average Bonchev–Trinajstić information content (AvgIpc) is 2.43. The van der Waals surface area contributed by atoms with Crippen LogP contribution in [0, 0.1) is 5.41 Å². The molecule has 0 heterocycles. The Balaban J connectivity index is 2.08. The fourth-order valence-electron chi connectivity index (χ4n) is 3.01. The zero-order valence-electron chi connectivity index (χ0n) is 11.5. The van der Waals surface area contributed by atoms with Gasteiger partial charge < -0.3 is 9.84 Å². The number of carbonyl (C=O) groups is 1. The highest BCUT2D eigenvalue weighted by atomic mass is 16.5. The topological polar surface area (TPSA) is 46.5 Å². The quantitative estimate of drug-likeness (QED) is 0.801. The first kappa shape index (κ1) is 14.1. The lowest BCUT2D eigenvalue weighted by Gasteiger charge is -2.34. The fourth-order valence-corrected chi connectivity index (χ4v) is 3.01. The zero-order chi connectivity index (χ0) is 13.7. The van der Waals surface area contributed by atoms with Crippen molar-refractivity contribution in [2.75, 3.05) is 13.7 Å². The molecule has 1 aromatic rings. The molecular formula is C16H22O3. The number of hydrogen-bond donors (Lipinski definition) is 1. The van der Waals surface area contributed by atoms with Crippen LogP contribution in [0.5, 0.6) is 0 Å². The van der Waals surface area contributed by atoms with Crippen LogP contribution >= 0.6 is 0 Å². The SMILES string of the molecule is COCCCCC1(C(=O)O)CCc2ccccc2C1. The Bertz CT molecular complexity index is 441. The van der Waals surface area contributed by atoms with Gasteiger partial charge in [-0.3, -0.25) is 4.79 Å². The first-order valence-electron chi connectivity index (χ1n) is 6.97. The predicted molar refractivity (Wildman–Crippen MR) is 74.3 cm³/mol. The van der Waals surface area contributed by atoms with Gasteiger partial charge in [0.1, 0.15) is 0 Å².